The highest BCUT2D eigenvalue weighted by Crippen LogP contribution is 2.37. The van der Waals surface area contributed by atoms with E-state index in [1.165, 1.54) is 16.3 Å². The van der Waals surface area contributed by atoms with Crippen LogP contribution in [0.5, 0.6) is 0 Å². The van der Waals surface area contributed by atoms with E-state index >= 15 is 0 Å². The molecule has 0 saturated heterocycles. The van der Waals surface area contributed by atoms with Crippen molar-refractivity contribution in [3.63, 3.8) is 0 Å². The van der Waals surface area contributed by atoms with Crippen molar-refractivity contribution in [3.05, 3.63) is 66.0 Å². The highest BCUT2D eigenvalue weighted by molar-refractivity contribution is 5.87. The Hall–Kier alpha value is -2.62. The number of carbonyl (C=O) groups excluding carboxylic acids is 1. The maximum absolute atomic E-state index is 13.0. The van der Waals surface area contributed by atoms with Gasteiger partial charge in [0.05, 0.1) is 18.7 Å². The van der Waals surface area contributed by atoms with E-state index < -0.39 is 0 Å². The molecule has 1 fully saturated rings. The second-order valence-corrected chi connectivity index (χ2v) is 6.98. The van der Waals surface area contributed by atoms with Gasteiger partial charge in [-0.2, -0.15) is 5.10 Å². The molecular formula is C21H23N3O. The molecule has 1 atom stereocenters. The van der Waals surface area contributed by atoms with E-state index in [1.54, 1.807) is 10.9 Å². The topological polar surface area (TPSA) is 38.1 Å². The smallest absolute Gasteiger partial charge is 0.227 e. The van der Waals surface area contributed by atoms with Crippen molar-refractivity contribution in [2.24, 2.45) is 7.05 Å². The number of hydrogen-bond donors (Lipinski definition) is 0. The van der Waals surface area contributed by atoms with Crippen LogP contribution in [0, 0.1) is 0 Å². The largest absolute Gasteiger partial charge is 0.333 e. The summed E-state index contributed by atoms with van der Waals surface area (Å²) in [5, 5.41) is 6.64. The highest BCUT2D eigenvalue weighted by atomic mass is 16.2. The molecule has 1 aliphatic rings. The summed E-state index contributed by atoms with van der Waals surface area (Å²) in [6, 6.07) is 15.2. The molecule has 0 bridgehead atoms. The summed E-state index contributed by atoms with van der Waals surface area (Å²) in [6.07, 6.45) is 6.33. The molecule has 3 aromatic rings. The summed E-state index contributed by atoms with van der Waals surface area (Å²) < 4.78 is 1.75. The number of aromatic nitrogens is 2. The van der Waals surface area contributed by atoms with Gasteiger partial charge in [-0.25, -0.2) is 0 Å². The van der Waals surface area contributed by atoms with Crippen LogP contribution < -0.4 is 0 Å². The number of rotatable bonds is 5. The van der Waals surface area contributed by atoms with Gasteiger partial charge >= 0.3 is 0 Å². The standard InChI is InChI=1S/C21H23N3O/c1-15(19-9-5-7-17-6-3-4-8-20(17)19)24(18-10-11-18)21(25)12-16-13-22-23(2)14-16/h3-9,13-15,18H,10-12H2,1-2H3/t15-/m1/s1. The first kappa shape index (κ1) is 15.9. The average Bonchev–Trinajstić information content (AvgIpc) is 3.36. The lowest BCUT2D eigenvalue weighted by atomic mass is 9.98. The number of amides is 1. The zero-order valence-corrected chi connectivity index (χ0v) is 14.7. The molecule has 4 rings (SSSR count). The third-order valence-electron chi connectivity index (χ3n) is 5.03. The van der Waals surface area contributed by atoms with Gasteiger partial charge in [-0.3, -0.25) is 9.48 Å². The Balaban J connectivity index is 1.65. The second-order valence-electron chi connectivity index (χ2n) is 6.98. The molecule has 1 saturated carbocycles. The lowest BCUT2D eigenvalue weighted by Crippen LogP contribution is -2.36. The first-order valence-corrected chi connectivity index (χ1v) is 8.90. The van der Waals surface area contributed by atoms with Gasteiger partial charge in [0, 0.05) is 19.3 Å². The Bertz CT molecular complexity index is 905. The summed E-state index contributed by atoms with van der Waals surface area (Å²) in [4.78, 5) is 15.1. The molecule has 0 aliphatic heterocycles. The lowest BCUT2D eigenvalue weighted by Gasteiger charge is -2.30. The molecule has 0 N–H and O–H groups in total. The molecule has 1 heterocycles. The van der Waals surface area contributed by atoms with Crippen LogP contribution in [0.4, 0.5) is 0 Å². The van der Waals surface area contributed by atoms with E-state index in [9.17, 15) is 4.79 Å². The number of benzene rings is 2. The van der Waals surface area contributed by atoms with Crippen LogP contribution in [0.2, 0.25) is 0 Å². The van der Waals surface area contributed by atoms with Gasteiger partial charge in [-0.1, -0.05) is 42.5 Å². The normalized spacial score (nSPS) is 15.3. The van der Waals surface area contributed by atoms with E-state index in [0.29, 0.717) is 12.5 Å². The van der Waals surface area contributed by atoms with Crippen molar-refractivity contribution < 1.29 is 4.79 Å². The minimum atomic E-state index is 0.0720. The molecule has 1 amide bonds. The highest BCUT2D eigenvalue weighted by Gasteiger charge is 2.36. The predicted molar refractivity (Wildman–Crippen MR) is 99.1 cm³/mol. The fraction of sp³-hybridized carbons (Fsp3) is 0.333. The summed E-state index contributed by atoms with van der Waals surface area (Å²) in [6.45, 7) is 2.15. The monoisotopic (exact) mass is 333 g/mol. The quantitative estimate of drug-likeness (QED) is 0.711. The molecule has 1 aromatic heterocycles. The summed E-state index contributed by atoms with van der Waals surface area (Å²) in [7, 11) is 1.88. The van der Waals surface area contributed by atoms with Gasteiger partial charge < -0.3 is 4.90 Å². The van der Waals surface area contributed by atoms with Gasteiger partial charge in [-0.15, -0.1) is 0 Å². The summed E-state index contributed by atoms with van der Waals surface area (Å²) in [5.41, 5.74) is 2.20. The van der Waals surface area contributed by atoms with Gasteiger partial charge in [-0.05, 0) is 41.7 Å². The molecular weight excluding hydrogens is 310 g/mol. The second kappa shape index (κ2) is 6.36. The molecule has 0 radical (unpaired) electrons. The third kappa shape index (κ3) is 3.16. The first-order chi connectivity index (χ1) is 12.1. The average molecular weight is 333 g/mol. The predicted octanol–water partition coefficient (Wildman–Crippen LogP) is 3.87. The molecule has 4 nitrogen and oxygen atoms in total. The van der Waals surface area contributed by atoms with Gasteiger partial charge in [0.25, 0.3) is 0 Å². The van der Waals surface area contributed by atoms with E-state index in [1.807, 2.05) is 13.2 Å². The fourth-order valence-corrected chi connectivity index (χ4v) is 3.68. The van der Waals surface area contributed by atoms with Crippen molar-refractivity contribution in [3.8, 4) is 0 Å². The van der Waals surface area contributed by atoms with Crippen molar-refractivity contribution >= 4 is 16.7 Å². The number of hydrogen-bond acceptors (Lipinski definition) is 2. The first-order valence-electron chi connectivity index (χ1n) is 8.90. The maximum atomic E-state index is 13.0. The number of fused-ring (bicyclic) bond motifs is 1. The summed E-state index contributed by atoms with van der Waals surface area (Å²) >= 11 is 0. The van der Waals surface area contributed by atoms with Crippen LogP contribution in [0.25, 0.3) is 10.8 Å². The van der Waals surface area contributed by atoms with Gasteiger partial charge in [0.15, 0.2) is 0 Å². The van der Waals surface area contributed by atoms with Crippen molar-refractivity contribution in [2.45, 2.75) is 38.3 Å². The van der Waals surface area contributed by atoms with Crippen molar-refractivity contribution in [2.75, 3.05) is 0 Å². The van der Waals surface area contributed by atoms with Crippen LogP contribution in [0.3, 0.4) is 0 Å². The molecule has 4 heteroatoms. The van der Waals surface area contributed by atoms with Crippen LogP contribution in [-0.4, -0.2) is 26.6 Å². The Kier molecular flexibility index (Phi) is 4.04. The maximum Gasteiger partial charge on any atom is 0.227 e. The minimum Gasteiger partial charge on any atom is -0.333 e. The number of aryl methyl sites for hydroxylation is 1. The Morgan fingerprint density at radius 3 is 2.72 bits per heavy atom. The Labute approximate surface area is 148 Å². The van der Waals surface area contributed by atoms with Crippen LogP contribution in [-0.2, 0) is 18.3 Å². The van der Waals surface area contributed by atoms with Crippen LogP contribution in [0.15, 0.2) is 54.9 Å². The molecule has 0 spiro atoms. The van der Waals surface area contributed by atoms with Gasteiger partial charge in [0.1, 0.15) is 0 Å². The molecule has 128 valence electrons. The number of nitrogens with zero attached hydrogens (tertiary/aromatic N) is 3. The third-order valence-corrected chi connectivity index (χ3v) is 5.03. The van der Waals surface area contributed by atoms with Crippen molar-refractivity contribution in [1.29, 1.82) is 0 Å². The zero-order valence-electron chi connectivity index (χ0n) is 14.7. The van der Waals surface area contributed by atoms with Crippen molar-refractivity contribution in [1.82, 2.24) is 14.7 Å². The molecule has 0 unspecified atom stereocenters. The lowest BCUT2D eigenvalue weighted by molar-refractivity contribution is -0.133. The summed E-state index contributed by atoms with van der Waals surface area (Å²) in [5.74, 6) is 0.191. The minimum absolute atomic E-state index is 0.0720. The number of carbonyl (C=O) groups is 1. The van der Waals surface area contributed by atoms with Crippen LogP contribution >= 0.6 is 0 Å². The van der Waals surface area contributed by atoms with E-state index in [2.05, 4.69) is 59.4 Å². The van der Waals surface area contributed by atoms with E-state index in [-0.39, 0.29) is 11.9 Å². The zero-order chi connectivity index (χ0) is 17.4. The Morgan fingerprint density at radius 2 is 2.00 bits per heavy atom. The molecule has 2 aromatic carbocycles. The van der Waals surface area contributed by atoms with Gasteiger partial charge in [0.2, 0.25) is 5.91 Å². The Morgan fingerprint density at radius 1 is 1.24 bits per heavy atom. The SMILES string of the molecule is C[C@H](c1cccc2ccccc12)N(C(=O)Cc1cnn(C)c1)C1CC1. The fourth-order valence-electron chi connectivity index (χ4n) is 3.68. The van der Waals surface area contributed by atoms with E-state index in [0.717, 1.165) is 18.4 Å². The molecule has 25 heavy (non-hydrogen) atoms. The molecule has 1 aliphatic carbocycles. The van der Waals surface area contributed by atoms with Crippen LogP contribution in [0.1, 0.15) is 36.9 Å². The van der Waals surface area contributed by atoms with E-state index in [4.69, 9.17) is 0 Å².